The van der Waals surface area contributed by atoms with E-state index >= 15 is 0 Å². The van der Waals surface area contributed by atoms with Gasteiger partial charge in [0.05, 0.1) is 0 Å². The van der Waals surface area contributed by atoms with E-state index in [-0.39, 0.29) is 0 Å². The van der Waals surface area contributed by atoms with E-state index < -0.39 is 0 Å². The van der Waals surface area contributed by atoms with E-state index in [4.69, 9.17) is 0 Å². The van der Waals surface area contributed by atoms with Gasteiger partial charge in [-0.25, -0.2) is 15.0 Å². The Balaban J connectivity index is 1.92. The van der Waals surface area contributed by atoms with E-state index in [9.17, 15) is 0 Å². The highest BCUT2D eigenvalue weighted by molar-refractivity contribution is 9.10. The Bertz CT molecular complexity index is 949. The second kappa shape index (κ2) is 6.86. The molecule has 0 amide bonds. The number of hydrogen-bond acceptors (Lipinski definition) is 5. The Hall–Kier alpha value is -2.99. The van der Waals surface area contributed by atoms with E-state index in [1.165, 1.54) is 0 Å². The van der Waals surface area contributed by atoms with Crippen LogP contribution in [0.15, 0.2) is 77.5 Å². The van der Waals surface area contributed by atoms with Gasteiger partial charge in [0.25, 0.3) is 0 Å². The Labute approximate surface area is 153 Å². The molecule has 1 aromatic carbocycles. The maximum atomic E-state index is 4.61. The van der Waals surface area contributed by atoms with Gasteiger partial charge in [-0.2, -0.15) is 0 Å². The SMILES string of the molecule is Brc1cccc(-c2nc(-c3ccccn3)nc(-c3ccccn3)n2)c1. The minimum absolute atomic E-state index is 0.520. The molecule has 0 N–H and O–H groups in total. The van der Waals surface area contributed by atoms with Gasteiger partial charge < -0.3 is 0 Å². The van der Waals surface area contributed by atoms with Crippen molar-refractivity contribution in [3.05, 3.63) is 77.5 Å². The fraction of sp³-hybridized carbons (Fsp3) is 0. The molecule has 5 nitrogen and oxygen atoms in total. The summed E-state index contributed by atoms with van der Waals surface area (Å²) in [4.78, 5) is 22.5. The van der Waals surface area contributed by atoms with E-state index in [1.807, 2.05) is 60.7 Å². The fourth-order valence-corrected chi connectivity index (χ4v) is 2.75. The van der Waals surface area contributed by atoms with Crippen LogP contribution in [0.1, 0.15) is 0 Å². The largest absolute Gasteiger partial charge is 0.253 e. The molecular weight excluding hydrogens is 378 g/mol. The third-order valence-corrected chi connectivity index (χ3v) is 4.00. The summed E-state index contributed by atoms with van der Waals surface area (Å²) in [6.45, 7) is 0. The van der Waals surface area contributed by atoms with Crippen LogP contribution in [0, 0.1) is 0 Å². The number of benzene rings is 1. The molecule has 4 aromatic rings. The number of rotatable bonds is 3. The average molecular weight is 390 g/mol. The molecule has 0 saturated carbocycles. The summed E-state index contributed by atoms with van der Waals surface area (Å²) >= 11 is 3.49. The zero-order chi connectivity index (χ0) is 17.1. The fourth-order valence-electron chi connectivity index (χ4n) is 2.35. The van der Waals surface area contributed by atoms with Gasteiger partial charge in [-0.15, -0.1) is 0 Å². The summed E-state index contributed by atoms with van der Waals surface area (Å²) in [5.41, 5.74) is 2.28. The molecular formula is C19H12BrN5. The number of halogens is 1. The zero-order valence-electron chi connectivity index (χ0n) is 13.0. The Morgan fingerprint density at radius 3 is 1.72 bits per heavy atom. The van der Waals surface area contributed by atoms with Crippen LogP contribution in [0.25, 0.3) is 34.4 Å². The zero-order valence-corrected chi connectivity index (χ0v) is 14.6. The maximum Gasteiger partial charge on any atom is 0.182 e. The highest BCUT2D eigenvalue weighted by Gasteiger charge is 2.13. The lowest BCUT2D eigenvalue weighted by atomic mass is 10.2. The van der Waals surface area contributed by atoms with Crippen molar-refractivity contribution < 1.29 is 0 Å². The van der Waals surface area contributed by atoms with Gasteiger partial charge in [0.15, 0.2) is 17.5 Å². The molecule has 3 aromatic heterocycles. The van der Waals surface area contributed by atoms with E-state index in [2.05, 4.69) is 40.8 Å². The van der Waals surface area contributed by atoms with Crippen LogP contribution in [-0.2, 0) is 0 Å². The molecule has 25 heavy (non-hydrogen) atoms. The Morgan fingerprint density at radius 1 is 0.600 bits per heavy atom. The van der Waals surface area contributed by atoms with Gasteiger partial charge in [-0.3, -0.25) is 9.97 Å². The van der Waals surface area contributed by atoms with Crippen LogP contribution in [0.4, 0.5) is 0 Å². The molecule has 0 atom stereocenters. The monoisotopic (exact) mass is 389 g/mol. The molecule has 0 spiro atoms. The van der Waals surface area contributed by atoms with E-state index in [0.29, 0.717) is 28.9 Å². The van der Waals surface area contributed by atoms with Crippen LogP contribution in [0.3, 0.4) is 0 Å². The van der Waals surface area contributed by atoms with Crippen molar-refractivity contribution >= 4 is 15.9 Å². The third kappa shape index (κ3) is 3.44. The summed E-state index contributed by atoms with van der Waals surface area (Å²) in [6.07, 6.45) is 3.44. The van der Waals surface area contributed by atoms with Crippen molar-refractivity contribution in [3.63, 3.8) is 0 Å². The quantitative estimate of drug-likeness (QED) is 0.518. The minimum atomic E-state index is 0.520. The smallest absolute Gasteiger partial charge is 0.182 e. The van der Waals surface area contributed by atoms with Crippen LogP contribution in [0.2, 0.25) is 0 Å². The predicted molar refractivity (Wildman–Crippen MR) is 99.4 cm³/mol. The minimum Gasteiger partial charge on any atom is -0.253 e. The summed E-state index contributed by atoms with van der Waals surface area (Å²) < 4.78 is 0.962. The Kier molecular flexibility index (Phi) is 4.26. The molecule has 6 heteroatoms. The number of hydrogen-bond donors (Lipinski definition) is 0. The molecule has 0 radical (unpaired) electrons. The highest BCUT2D eigenvalue weighted by atomic mass is 79.9. The van der Waals surface area contributed by atoms with Crippen molar-refractivity contribution in [3.8, 4) is 34.4 Å². The summed E-state index contributed by atoms with van der Waals surface area (Å²) in [7, 11) is 0. The van der Waals surface area contributed by atoms with Gasteiger partial charge in [0.1, 0.15) is 11.4 Å². The standard InChI is InChI=1S/C19H12BrN5/c20-14-7-5-6-13(12-14)17-23-18(15-8-1-3-10-21-15)25-19(24-17)16-9-2-4-11-22-16/h1-12H. The summed E-state index contributed by atoms with van der Waals surface area (Å²) in [5, 5.41) is 0. The molecule has 4 rings (SSSR count). The second-order valence-electron chi connectivity index (χ2n) is 5.25. The molecule has 0 bridgehead atoms. The van der Waals surface area contributed by atoms with Crippen LogP contribution in [-0.4, -0.2) is 24.9 Å². The van der Waals surface area contributed by atoms with Crippen LogP contribution in [0.5, 0.6) is 0 Å². The summed E-state index contributed by atoms with van der Waals surface area (Å²) in [6, 6.07) is 19.1. The lowest BCUT2D eigenvalue weighted by Crippen LogP contribution is -2.01. The molecule has 3 heterocycles. The highest BCUT2D eigenvalue weighted by Crippen LogP contribution is 2.24. The number of pyridine rings is 2. The topological polar surface area (TPSA) is 64.5 Å². The Morgan fingerprint density at radius 2 is 1.20 bits per heavy atom. The second-order valence-corrected chi connectivity index (χ2v) is 6.16. The average Bonchev–Trinajstić information content (AvgIpc) is 2.69. The van der Waals surface area contributed by atoms with Crippen molar-refractivity contribution in [2.75, 3.05) is 0 Å². The van der Waals surface area contributed by atoms with Crippen LogP contribution < -0.4 is 0 Å². The molecule has 0 fully saturated rings. The first-order valence-corrected chi connectivity index (χ1v) is 8.44. The summed E-state index contributed by atoms with van der Waals surface area (Å²) in [5.74, 6) is 1.62. The van der Waals surface area contributed by atoms with Gasteiger partial charge >= 0.3 is 0 Å². The van der Waals surface area contributed by atoms with Gasteiger partial charge in [-0.1, -0.05) is 40.2 Å². The molecule has 0 unspecified atom stereocenters. The molecule has 0 aliphatic rings. The maximum absolute atomic E-state index is 4.61. The number of aromatic nitrogens is 5. The van der Waals surface area contributed by atoms with E-state index in [1.54, 1.807) is 12.4 Å². The van der Waals surface area contributed by atoms with Crippen molar-refractivity contribution in [1.82, 2.24) is 24.9 Å². The van der Waals surface area contributed by atoms with Gasteiger partial charge in [-0.05, 0) is 36.4 Å². The number of nitrogens with zero attached hydrogens (tertiary/aromatic N) is 5. The van der Waals surface area contributed by atoms with Gasteiger partial charge in [0, 0.05) is 22.4 Å². The molecule has 0 aliphatic carbocycles. The normalized spacial score (nSPS) is 10.6. The predicted octanol–water partition coefficient (Wildman–Crippen LogP) is 4.43. The lowest BCUT2D eigenvalue weighted by molar-refractivity contribution is 1.05. The van der Waals surface area contributed by atoms with Crippen molar-refractivity contribution in [2.24, 2.45) is 0 Å². The lowest BCUT2D eigenvalue weighted by Gasteiger charge is -2.07. The van der Waals surface area contributed by atoms with Crippen LogP contribution >= 0.6 is 15.9 Å². The molecule has 120 valence electrons. The van der Waals surface area contributed by atoms with Crippen molar-refractivity contribution in [1.29, 1.82) is 0 Å². The first-order valence-electron chi connectivity index (χ1n) is 7.64. The first kappa shape index (κ1) is 15.5. The van der Waals surface area contributed by atoms with Gasteiger partial charge in [0.2, 0.25) is 0 Å². The van der Waals surface area contributed by atoms with Crippen molar-refractivity contribution in [2.45, 2.75) is 0 Å². The third-order valence-electron chi connectivity index (χ3n) is 3.51. The first-order chi connectivity index (χ1) is 12.3. The molecule has 0 saturated heterocycles. The van der Waals surface area contributed by atoms with E-state index in [0.717, 1.165) is 10.0 Å². The molecule has 0 aliphatic heterocycles.